The van der Waals surface area contributed by atoms with Crippen molar-refractivity contribution in [3.8, 4) is 0 Å². The Hall–Kier alpha value is -1.49. The topological polar surface area (TPSA) is 104 Å². The molecular weight excluding hydrogens is 390 g/mol. The maximum atomic E-state index is 12.6. The smallest absolute Gasteiger partial charge is 0.243 e. The molecule has 3 rings (SSSR count). The maximum absolute atomic E-state index is 12.6. The molecule has 2 aliphatic heterocycles. The first kappa shape index (κ1) is 20.2. The molecule has 0 radical (unpaired) electrons. The number of nitrogens with zero attached hydrogens (tertiary/aromatic N) is 2. The minimum absolute atomic E-state index is 0.130. The molecule has 27 heavy (non-hydrogen) atoms. The Balaban J connectivity index is 1.55. The van der Waals surface area contributed by atoms with Gasteiger partial charge >= 0.3 is 0 Å². The van der Waals surface area contributed by atoms with Gasteiger partial charge in [-0.2, -0.15) is 4.31 Å². The van der Waals surface area contributed by atoms with E-state index >= 15 is 0 Å². The van der Waals surface area contributed by atoms with Gasteiger partial charge in [0.25, 0.3) is 0 Å². The second-order valence-electron chi connectivity index (χ2n) is 6.93. The number of carbonyl (C=O) groups is 1. The zero-order chi connectivity index (χ0) is 19.5. The molecule has 1 amide bonds. The zero-order valence-electron chi connectivity index (χ0n) is 15.1. The quantitative estimate of drug-likeness (QED) is 0.727. The predicted molar refractivity (Wildman–Crippen MR) is 103 cm³/mol. The SMILES string of the molecule is O=C(CCN1CCS(=O)(=O)CC1)Nc1cccc(S(=O)(=O)N2CCCC2)c1. The van der Waals surface area contributed by atoms with Gasteiger partial charge in [0, 0.05) is 44.8 Å². The fourth-order valence-corrected chi connectivity index (χ4v) is 6.11. The lowest BCUT2D eigenvalue weighted by atomic mass is 10.3. The van der Waals surface area contributed by atoms with Gasteiger partial charge in [0.05, 0.1) is 16.4 Å². The van der Waals surface area contributed by atoms with Gasteiger partial charge in [0.15, 0.2) is 9.84 Å². The van der Waals surface area contributed by atoms with E-state index in [1.807, 2.05) is 4.90 Å². The molecule has 0 aromatic heterocycles. The van der Waals surface area contributed by atoms with Crippen LogP contribution in [-0.2, 0) is 24.7 Å². The number of rotatable bonds is 6. The molecule has 0 aliphatic carbocycles. The minimum atomic E-state index is -3.52. The van der Waals surface area contributed by atoms with Crippen LogP contribution in [0.3, 0.4) is 0 Å². The molecular formula is C17H25N3O5S2. The summed E-state index contributed by atoms with van der Waals surface area (Å²) in [6.45, 7) is 2.43. The largest absolute Gasteiger partial charge is 0.326 e. The number of anilines is 1. The van der Waals surface area contributed by atoms with E-state index in [1.165, 1.54) is 16.4 Å². The normalized spacial score (nSPS) is 21.2. The fraction of sp³-hybridized carbons (Fsp3) is 0.588. The van der Waals surface area contributed by atoms with Crippen molar-refractivity contribution in [1.29, 1.82) is 0 Å². The Labute approximate surface area is 160 Å². The van der Waals surface area contributed by atoms with Crippen molar-refractivity contribution in [3.05, 3.63) is 24.3 Å². The standard InChI is InChI=1S/C17H25N3O5S2/c21-17(6-9-19-10-12-26(22,23)13-11-19)18-15-4-3-5-16(14-15)27(24,25)20-7-1-2-8-20/h3-5,14H,1-2,6-13H2,(H,18,21). The van der Waals surface area contributed by atoms with E-state index in [4.69, 9.17) is 0 Å². The Morgan fingerprint density at radius 2 is 1.74 bits per heavy atom. The van der Waals surface area contributed by atoms with E-state index < -0.39 is 19.9 Å². The summed E-state index contributed by atoms with van der Waals surface area (Å²) < 4.78 is 49.6. The summed E-state index contributed by atoms with van der Waals surface area (Å²) in [5.41, 5.74) is 0.446. The monoisotopic (exact) mass is 415 g/mol. The highest BCUT2D eigenvalue weighted by atomic mass is 32.2. The molecule has 0 spiro atoms. The number of hydrogen-bond donors (Lipinski definition) is 1. The molecule has 8 nitrogen and oxygen atoms in total. The second kappa shape index (κ2) is 8.26. The number of carbonyl (C=O) groups excluding carboxylic acids is 1. The fourth-order valence-electron chi connectivity index (χ4n) is 3.27. The molecule has 0 unspecified atom stereocenters. The third-order valence-electron chi connectivity index (χ3n) is 4.91. The summed E-state index contributed by atoms with van der Waals surface area (Å²) in [5.74, 6) is 0.0370. The van der Waals surface area contributed by atoms with Crippen LogP contribution in [0.5, 0.6) is 0 Å². The van der Waals surface area contributed by atoms with Crippen LogP contribution < -0.4 is 5.32 Å². The van der Waals surface area contributed by atoms with Crippen LogP contribution in [0.1, 0.15) is 19.3 Å². The average Bonchev–Trinajstić information content (AvgIpc) is 3.16. The van der Waals surface area contributed by atoms with E-state index in [0.29, 0.717) is 38.4 Å². The van der Waals surface area contributed by atoms with Gasteiger partial charge in [0.2, 0.25) is 15.9 Å². The molecule has 0 saturated carbocycles. The molecule has 1 aromatic carbocycles. The first-order valence-corrected chi connectivity index (χ1v) is 12.4. The van der Waals surface area contributed by atoms with Crippen LogP contribution in [0.4, 0.5) is 5.69 Å². The van der Waals surface area contributed by atoms with Crippen LogP contribution in [-0.4, -0.2) is 76.2 Å². The number of amides is 1. The predicted octanol–water partition coefficient (Wildman–Crippen LogP) is 0.530. The van der Waals surface area contributed by atoms with Crippen LogP contribution >= 0.6 is 0 Å². The number of sulfone groups is 1. The van der Waals surface area contributed by atoms with Crippen molar-refractivity contribution < 1.29 is 21.6 Å². The summed E-state index contributed by atoms with van der Waals surface area (Å²) in [5, 5.41) is 2.73. The molecule has 0 bridgehead atoms. The lowest BCUT2D eigenvalue weighted by Gasteiger charge is -2.26. The molecule has 1 aromatic rings. The molecule has 150 valence electrons. The number of hydrogen-bond acceptors (Lipinski definition) is 6. The number of sulfonamides is 1. The van der Waals surface area contributed by atoms with Gasteiger partial charge < -0.3 is 10.2 Å². The number of benzene rings is 1. The lowest BCUT2D eigenvalue weighted by Crippen LogP contribution is -2.41. The first-order chi connectivity index (χ1) is 12.8. The van der Waals surface area contributed by atoms with Crippen molar-refractivity contribution in [2.45, 2.75) is 24.2 Å². The van der Waals surface area contributed by atoms with E-state index in [2.05, 4.69) is 5.32 Å². The highest BCUT2D eigenvalue weighted by Crippen LogP contribution is 2.23. The van der Waals surface area contributed by atoms with Gasteiger partial charge in [-0.3, -0.25) is 4.79 Å². The summed E-state index contributed by atoms with van der Waals surface area (Å²) in [4.78, 5) is 14.3. The second-order valence-corrected chi connectivity index (χ2v) is 11.2. The van der Waals surface area contributed by atoms with E-state index in [0.717, 1.165) is 12.8 Å². The van der Waals surface area contributed by atoms with E-state index in [9.17, 15) is 21.6 Å². The van der Waals surface area contributed by atoms with Crippen LogP contribution in [0.2, 0.25) is 0 Å². The van der Waals surface area contributed by atoms with Crippen molar-refractivity contribution in [2.24, 2.45) is 0 Å². The molecule has 10 heteroatoms. The minimum Gasteiger partial charge on any atom is -0.326 e. The van der Waals surface area contributed by atoms with Gasteiger partial charge in [-0.05, 0) is 31.0 Å². The van der Waals surface area contributed by atoms with Crippen LogP contribution in [0.25, 0.3) is 0 Å². The molecule has 2 aliphatic rings. The molecule has 2 fully saturated rings. The van der Waals surface area contributed by atoms with E-state index in [1.54, 1.807) is 12.1 Å². The maximum Gasteiger partial charge on any atom is 0.243 e. The average molecular weight is 416 g/mol. The Morgan fingerprint density at radius 3 is 2.41 bits per heavy atom. The van der Waals surface area contributed by atoms with Gasteiger partial charge in [-0.25, -0.2) is 16.8 Å². The lowest BCUT2D eigenvalue weighted by molar-refractivity contribution is -0.116. The summed E-state index contributed by atoms with van der Waals surface area (Å²) in [6.07, 6.45) is 1.96. The molecule has 2 saturated heterocycles. The zero-order valence-corrected chi connectivity index (χ0v) is 16.8. The Morgan fingerprint density at radius 1 is 1.07 bits per heavy atom. The highest BCUT2D eigenvalue weighted by Gasteiger charge is 2.27. The summed E-state index contributed by atoms with van der Waals surface area (Å²) in [6, 6.07) is 6.30. The summed E-state index contributed by atoms with van der Waals surface area (Å²) in [7, 11) is -6.45. The Bertz CT molecular complexity index is 879. The van der Waals surface area contributed by atoms with Crippen molar-refractivity contribution >= 4 is 31.5 Å². The van der Waals surface area contributed by atoms with Crippen LogP contribution in [0.15, 0.2) is 29.2 Å². The molecule has 0 atom stereocenters. The van der Waals surface area contributed by atoms with Crippen molar-refractivity contribution in [3.63, 3.8) is 0 Å². The molecule has 2 heterocycles. The van der Waals surface area contributed by atoms with Crippen molar-refractivity contribution in [1.82, 2.24) is 9.21 Å². The highest BCUT2D eigenvalue weighted by molar-refractivity contribution is 7.91. The van der Waals surface area contributed by atoms with E-state index in [-0.39, 0.29) is 28.7 Å². The van der Waals surface area contributed by atoms with Crippen molar-refractivity contribution in [2.75, 3.05) is 49.5 Å². The van der Waals surface area contributed by atoms with Crippen LogP contribution in [0, 0.1) is 0 Å². The number of nitrogens with one attached hydrogen (secondary N) is 1. The molecule has 1 N–H and O–H groups in total. The van der Waals surface area contributed by atoms with Gasteiger partial charge in [-0.1, -0.05) is 6.07 Å². The Kier molecular flexibility index (Phi) is 6.19. The third kappa shape index (κ3) is 5.28. The third-order valence-corrected chi connectivity index (χ3v) is 8.42. The summed E-state index contributed by atoms with van der Waals surface area (Å²) >= 11 is 0. The van der Waals surface area contributed by atoms with Gasteiger partial charge in [-0.15, -0.1) is 0 Å². The van der Waals surface area contributed by atoms with Gasteiger partial charge in [0.1, 0.15) is 0 Å². The first-order valence-electron chi connectivity index (χ1n) is 9.09.